The molecule has 0 aliphatic carbocycles. The molecule has 0 saturated heterocycles. The van der Waals surface area contributed by atoms with Gasteiger partial charge in [-0.15, -0.1) is 0 Å². The van der Waals surface area contributed by atoms with Crippen LogP contribution in [-0.4, -0.2) is 13.5 Å². The van der Waals surface area contributed by atoms with Crippen LogP contribution in [0, 0.1) is 0 Å². The molecule has 11 aromatic carbocycles. The van der Waals surface area contributed by atoms with Gasteiger partial charge in [0, 0.05) is 76.7 Å². The fourth-order valence-electron chi connectivity index (χ4n) is 11.8. The molecule has 0 unspecified atom stereocenters. The Hall–Kier alpha value is -8.66. The molecule has 4 heterocycles. The predicted octanol–water partition coefficient (Wildman–Crippen LogP) is 16.7. The summed E-state index contributed by atoms with van der Waals surface area (Å²) in [5, 5.41) is 15.1. The van der Waals surface area contributed by atoms with Gasteiger partial charge < -0.3 is 13.5 Å². The Morgan fingerprint density at radius 3 is 1.09 bits per heavy atom. The molecule has 4 aromatic heterocycles. The molecule has 3 nitrogen and oxygen atoms in total. The van der Waals surface area contributed by atoms with Gasteiger partial charge in [-0.05, 0) is 70.1 Å². The summed E-state index contributed by atoms with van der Waals surface area (Å²) in [4.78, 5) is 0. The highest BCUT2D eigenvalue weighted by Crippen LogP contribution is 2.52. The lowest BCUT2D eigenvalue weighted by molar-refractivity contribution is 1.18. The fourth-order valence-corrected chi connectivity index (χ4v) is 11.8. The third-order valence-corrected chi connectivity index (χ3v) is 14.3. The Labute approximate surface area is 373 Å². The quantitative estimate of drug-likeness (QED) is 0.168. The van der Waals surface area contributed by atoms with Crippen molar-refractivity contribution in [2.45, 2.75) is 0 Å². The Kier molecular flexibility index (Phi) is 6.95. The van der Waals surface area contributed by atoms with Crippen LogP contribution >= 0.6 is 0 Å². The van der Waals surface area contributed by atoms with Crippen molar-refractivity contribution in [3.05, 3.63) is 224 Å². The highest BCUT2D eigenvalue weighted by atomic mass is 15.0. The van der Waals surface area contributed by atoms with Crippen molar-refractivity contribution in [3.63, 3.8) is 0 Å². The topological polar surface area (TPSA) is 14.3 Å². The Morgan fingerprint density at radius 2 is 0.615 bits per heavy atom. The van der Waals surface area contributed by atoms with Gasteiger partial charge in [0.1, 0.15) is 0 Å². The van der Waals surface area contributed by atoms with Crippen molar-refractivity contribution < 1.29 is 0 Å². The van der Waals surface area contributed by atoms with Crippen molar-refractivity contribution in [1.29, 1.82) is 0 Å². The number of hydrogen-bond donors (Lipinski definition) is 0. The van der Waals surface area contributed by atoms with Crippen LogP contribution in [0.15, 0.2) is 224 Å². The minimum absolute atomic E-state index is 1.16. The van der Waals surface area contributed by atoms with Crippen LogP contribution in [0.25, 0.3) is 137 Å². The van der Waals surface area contributed by atoms with E-state index in [1.165, 1.54) is 126 Å². The third kappa shape index (κ3) is 4.58. The maximum absolute atomic E-state index is 2.60. The highest BCUT2D eigenvalue weighted by Gasteiger charge is 2.28. The van der Waals surface area contributed by atoms with Crippen molar-refractivity contribution in [1.82, 2.24) is 13.5 Å². The average molecular weight is 824 g/mol. The highest BCUT2D eigenvalue weighted by molar-refractivity contribution is 6.34. The molecule has 0 atom stereocenters. The van der Waals surface area contributed by atoms with Gasteiger partial charge in [-0.1, -0.05) is 176 Å². The standard InChI is InChI=1S/C62H37N3/c1-3-20-40(21-4-1)63-52-34-13-11-26-44(52)46-28-15-30-48(60(46)63)56-42-24-9-7-18-38(42)36-54-58(56)50-32-17-33-51-59-55(65(54)62(50)51)37-39-19-8-10-25-43(39)57(59)49-31-16-29-47-45-27-12-14-35-53(45)64(61(47)49)41-22-5-2-6-23-41/h1-37H. The smallest absolute Gasteiger partial charge is 0.0620 e. The summed E-state index contributed by atoms with van der Waals surface area (Å²) in [5.41, 5.74) is 15.9. The molecule has 3 heteroatoms. The summed E-state index contributed by atoms with van der Waals surface area (Å²) in [7, 11) is 0. The lowest BCUT2D eigenvalue weighted by Gasteiger charge is -2.16. The van der Waals surface area contributed by atoms with Crippen molar-refractivity contribution in [2.24, 2.45) is 0 Å². The summed E-state index contributed by atoms with van der Waals surface area (Å²) in [5.74, 6) is 0. The molecular weight excluding hydrogens is 787 g/mol. The SMILES string of the molecule is c1ccc(-n2c3ccccc3c3cccc(-c4c5ccccc5cc5c4c4cccc6c7c(-c8cccc9c%10ccccc%10n(-c%10ccccc%10)c89)c8ccccc8cc7n5c46)c32)cc1. The second-order valence-electron chi connectivity index (χ2n) is 17.6. The number of benzene rings is 11. The van der Waals surface area contributed by atoms with Crippen LogP contribution in [0.3, 0.4) is 0 Å². The van der Waals surface area contributed by atoms with E-state index in [9.17, 15) is 0 Å². The van der Waals surface area contributed by atoms with Gasteiger partial charge in [-0.2, -0.15) is 0 Å². The van der Waals surface area contributed by atoms with Gasteiger partial charge in [-0.25, -0.2) is 0 Å². The molecule has 0 fully saturated rings. The van der Waals surface area contributed by atoms with E-state index in [0.29, 0.717) is 0 Å². The van der Waals surface area contributed by atoms with Crippen LogP contribution in [0.2, 0.25) is 0 Å². The van der Waals surface area contributed by atoms with E-state index in [1.807, 2.05) is 0 Å². The molecule has 0 saturated carbocycles. The number of fused-ring (bicyclic) bond motifs is 14. The van der Waals surface area contributed by atoms with Crippen molar-refractivity contribution in [2.75, 3.05) is 0 Å². The third-order valence-electron chi connectivity index (χ3n) is 14.3. The maximum Gasteiger partial charge on any atom is 0.0620 e. The number of aromatic nitrogens is 3. The molecule has 0 aliphatic heterocycles. The van der Waals surface area contributed by atoms with Gasteiger partial charge in [-0.3, -0.25) is 0 Å². The van der Waals surface area contributed by atoms with Crippen LogP contribution in [0.1, 0.15) is 0 Å². The molecule has 0 spiro atoms. The van der Waals surface area contributed by atoms with E-state index in [4.69, 9.17) is 0 Å². The van der Waals surface area contributed by atoms with E-state index in [-0.39, 0.29) is 0 Å². The lowest BCUT2D eigenvalue weighted by Crippen LogP contribution is -1.96. The predicted molar refractivity (Wildman–Crippen MR) is 276 cm³/mol. The van der Waals surface area contributed by atoms with Gasteiger partial charge in [0.2, 0.25) is 0 Å². The lowest BCUT2D eigenvalue weighted by atomic mass is 9.90. The number of nitrogens with zero attached hydrogens (tertiary/aromatic N) is 3. The zero-order valence-electron chi connectivity index (χ0n) is 35.2. The molecule has 65 heavy (non-hydrogen) atoms. The summed E-state index contributed by atoms with van der Waals surface area (Å²) >= 11 is 0. The van der Waals surface area contributed by atoms with E-state index in [1.54, 1.807) is 0 Å². The first-order valence-corrected chi connectivity index (χ1v) is 22.5. The first-order valence-electron chi connectivity index (χ1n) is 22.5. The summed E-state index contributed by atoms with van der Waals surface area (Å²) in [6.07, 6.45) is 0. The molecular formula is C62H37N3. The zero-order chi connectivity index (χ0) is 42.3. The van der Waals surface area contributed by atoms with E-state index >= 15 is 0 Å². The fraction of sp³-hybridized carbons (Fsp3) is 0. The second kappa shape index (κ2) is 12.9. The van der Waals surface area contributed by atoms with Gasteiger partial charge >= 0.3 is 0 Å². The summed E-state index contributed by atoms with van der Waals surface area (Å²) < 4.78 is 7.56. The van der Waals surface area contributed by atoms with E-state index in [2.05, 4.69) is 238 Å². The number of hydrogen-bond acceptors (Lipinski definition) is 0. The van der Waals surface area contributed by atoms with E-state index < -0.39 is 0 Å². The summed E-state index contributed by atoms with van der Waals surface area (Å²) in [6, 6.07) is 83.2. The zero-order valence-corrected chi connectivity index (χ0v) is 35.2. The number of rotatable bonds is 4. The molecule has 0 bridgehead atoms. The molecule has 0 aliphatic rings. The van der Waals surface area contributed by atoms with Gasteiger partial charge in [0.05, 0.1) is 38.6 Å². The van der Waals surface area contributed by atoms with Crippen LogP contribution < -0.4 is 0 Å². The summed E-state index contributed by atoms with van der Waals surface area (Å²) in [6.45, 7) is 0. The minimum atomic E-state index is 1.16. The van der Waals surface area contributed by atoms with Crippen LogP contribution in [0.5, 0.6) is 0 Å². The molecule has 300 valence electrons. The van der Waals surface area contributed by atoms with Gasteiger partial charge in [0.25, 0.3) is 0 Å². The Bertz CT molecular complexity index is 4170. The largest absolute Gasteiger partial charge is 0.309 e. The van der Waals surface area contributed by atoms with Gasteiger partial charge in [0.15, 0.2) is 0 Å². The van der Waals surface area contributed by atoms with E-state index in [0.717, 1.165) is 11.4 Å². The van der Waals surface area contributed by atoms with Crippen LogP contribution in [-0.2, 0) is 0 Å². The molecule has 15 rings (SSSR count). The Morgan fingerprint density at radius 1 is 0.246 bits per heavy atom. The molecule has 15 aromatic rings. The van der Waals surface area contributed by atoms with Crippen molar-refractivity contribution >= 4 is 103 Å². The molecule has 0 N–H and O–H groups in total. The molecule has 0 amide bonds. The average Bonchev–Trinajstić information content (AvgIpc) is 4.10. The maximum atomic E-state index is 2.60. The second-order valence-corrected chi connectivity index (χ2v) is 17.6. The normalized spacial score (nSPS) is 12.3. The first kappa shape index (κ1) is 34.9. The first-order chi connectivity index (χ1) is 32.3. The Balaban J connectivity index is 1.13. The van der Waals surface area contributed by atoms with Crippen molar-refractivity contribution in [3.8, 4) is 33.6 Å². The monoisotopic (exact) mass is 823 g/mol. The minimum Gasteiger partial charge on any atom is -0.309 e. The number of para-hydroxylation sites is 7. The molecule has 0 radical (unpaired) electrons. The van der Waals surface area contributed by atoms with Crippen LogP contribution in [0.4, 0.5) is 0 Å².